The van der Waals surface area contributed by atoms with Gasteiger partial charge in [-0.15, -0.1) is 0 Å². The van der Waals surface area contributed by atoms with Crippen LogP contribution in [0.2, 0.25) is 0 Å². The molecule has 0 saturated carbocycles. The quantitative estimate of drug-likeness (QED) is 0.447. The first-order valence-corrected chi connectivity index (χ1v) is 2.47. The van der Waals surface area contributed by atoms with Crippen molar-refractivity contribution in [3.8, 4) is 0 Å². The molecule has 42 valence electrons. The lowest BCUT2D eigenvalue weighted by atomic mass is 10.1. The van der Waals surface area contributed by atoms with Crippen LogP contribution in [0.15, 0.2) is 0 Å². The highest BCUT2D eigenvalue weighted by molar-refractivity contribution is 4.76. The van der Waals surface area contributed by atoms with E-state index in [1.807, 2.05) is 0 Å². The zero-order valence-electron chi connectivity index (χ0n) is 4.41. The second kappa shape index (κ2) is 1.44. The molecule has 0 N–H and O–H groups in total. The molecule has 1 rings (SSSR count). The smallest absolute Gasteiger partial charge is 0.133 e. The van der Waals surface area contributed by atoms with Crippen LogP contribution < -0.4 is 0 Å². The van der Waals surface area contributed by atoms with Gasteiger partial charge in [-0.05, 0) is 6.92 Å². The van der Waals surface area contributed by atoms with Gasteiger partial charge in [0.25, 0.3) is 0 Å². The molecule has 1 heterocycles. The fourth-order valence-electron chi connectivity index (χ4n) is 0.642. The Kier molecular flexibility index (Phi) is 1.04. The maximum Gasteiger partial charge on any atom is 0.133 e. The minimum atomic E-state index is -1.03. The topological polar surface area (TPSA) is 9.23 Å². The van der Waals surface area contributed by atoms with Gasteiger partial charge in [0.05, 0.1) is 6.61 Å². The van der Waals surface area contributed by atoms with Crippen LogP contribution in [0.3, 0.4) is 0 Å². The van der Waals surface area contributed by atoms with Crippen molar-refractivity contribution in [3.05, 3.63) is 0 Å². The lowest BCUT2D eigenvalue weighted by Gasteiger charge is -2.06. The Labute approximate surface area is 42.5 Å². The summed E-state index contributed by atoms with van der Waals surface area (Å²) < 4.78 is 17.3. The van der Waals surface area contributed by atoms with E-state index in [2.05, 4.69) is 0 Å². The summed E-state index contributed by atoms with van der Waals surface area (Å²) in [6.45, 7) is 2.44. The van der Waals surface area contributed by atoms with Gasteiger partial charge in [0.2, 0.25) is 0 Å². The summed E-state index contributed by atoms with van der Waals surface area (Å²) in [7, 11) is 0. The lowest BCUT2D eigenvalue weighted by molar-refractivity contribution is 0.126. The molecule has 1 atom stereocenters. The van der Waals surface area contributed by atoms with Gasteiger partial charge >= 0.3 is 0 Å². The summed E-state index contributed by atoms with van der Waals surface area (Å²) in [5.74, 6) is 0. The van der Waals surface area contributed by atoms with Gasteiger partial charge in [-0.1, -0.05) is 0 Å². The SMILES string of the molecule is C[C@@]1(F)CCOC1. The molecule has 0 aromatic heterocycles. The number of hydrogen-bond donors (Lipinski definition) is 0. The molecule has 7 heavy (non-hydrogen) atoms. The number of hydrogen-bond acceptors (Lipinski definition) is 1. The third-order valence-electron chi connectivity index (χ3n) is 1.17. The zero-order valence-corrected chi connectivity index (χ0v) is 4.41. The molecule has 0 aromatic rings. The summed E-state index contributed by atoms with van der Waals surface area (Å²) in [5, 5.41) is 0. The van der Waals surface area contributed by atoms with Crippen LogP contribution in [0, 0.1) is 0 Å². The molecule has 0 aliphatic carbocycles. The number of halogens is 1. The zero-order chi connectivity index (χ0) is 5.33. The molecule has 1 fully saturated rings. The maximum atomic E-state index is 12.5. The van der Waals surface area contributed by atoms with Crippen molar-refractivity contribution in [2.24, 2.45) is 0 Å². The molecule has 1 aliphatic rings. The highest BCUT2D eigenvalue weighted by Crippen LogP contribution is 2.21. The van der Waals surface area contributed by atoms with E-state index in [0.717, 1.165) is 0 Å². The fourth-order valence-corrected chi connectivity index (χ4v) is 0.642. The molecule has 0 unspecified atom stereocenters. The van der Waals surface area contributed by atoms with Crippen LogP contribution in [0.5, 0.6) is 0 Å². The fraction of sp³-hybridized carbons (Fsp3) is 1.00. The van der Waals surface area contributed by atoms with Crippen molar-refractivity contribution in [3.63, 3.8) is 0 Å². The normalized spacial score (nSPS) is 42.0. The van der Waals surface area contributed by atoms with Crippen molar-refractivity contribution >= 4 is 0 Å². The maximum absolute atomic E-state index is 12.5. The summed E-state index contributed by atoms with van der Waals surface area (Å²) in [5.41, 5.74) is -1.03. The monoisotopic (exact) mass is 104 g/mol. The average molecular weight is 104 g/mol. The lowest BCUT2D eigenvalue weighted by Crippen LogP contribution is -2.15. The van der Waals surface area contributed by atoms with Crippen LogP contribution >= 0.6 is 0 Å². The Morgan fingerprint density at radius 3 is 2.57 bits per heavy atom. The molecule has 0 radical (unpaired) electrons. The Morgan fingerprint density at radius 1 is 1.71 bits per heavy atom. The van der Waals surface area contributed by atoms with Gasteiger partial charge in [-0.2, -0.15) is 0 Å². The Hall–Kier alpha value is -0.110. The number of ether oxygens (including phenoxy) is 1. The van der Waals surface area contributed by atoms with Crippen LogP contribution in [-0.2, 0) is 4.74 Å². The highest BCUT2D eigenvalue weighted by atomic mass is 19.1. The van der Waals surface area contributed by atoms with Crippen LogP contribution in [0.1, 0.15) is 13.3 Å². The first-order chi connectivity index (χ1) is 3.21. The van der Waals surface area contributed by atoms with Gasteiger partial charge < -0.3 is 4.74 Å². The highest BCUT2D eigenvalue weighted by Gasteiger charge is 2.28. The molecule has 2 heteroatoms. The molecule has 0 bridgehead atoms. The third kappa shape index (κ3) is 1.13. The van der Waals surface area contributed by atoms with E-state index in [0.29, 0.717) is 13.0 Å². The second-order valence-corrected chi connectivity index (χ2v) is 2.22. The first kappa shape index (κ1) is 5.04. The largest absolute Gasteiger partial charge is 0.378 e. The van der Waals surface area contributed by atoms with Crippen molar-refractivity contribution in [1.29, 1.82) is 0 Å². The average Bonchev–Trinajstić information content (AvgIpc) is 1.84. The van der Waals surface area contributed by atoms with Crippen LogP contribution in [0.4, 0.5) is 4.39 Å². The minimum Gasteiger partial charge on any atom is -0.378 e. The Bertz CT molecular complexity index is 62.5. The summed E-state index contributed by atoms with van der Waals surface area (Å²) in [6.07, 6.45) is 0.562. The van der Waals surface area contributed by atoms with Gasteiger partial charge in [0.1, 0.15) is 5.67 Å². The standard InChI is InChI=1S/C5H9FO/c1-5(6)2-3-7-4-5/h2-4H2,1H3/t5-/m1/s1. The van der Waals surface area contributed by atoms with Gasteiger partial charge in [0, 0.05) is 13.0 Å². The van der Waals surface area contributed by atoms with Crippen molar-refractivity contribution in [2.75, 3.05) is 13.2 Å². The van der Waals surface area contributed by atoms with Gasteiger partial charge in [0.15, 0.2) is 0 Å². The van der Waals surface area contributed by atoms with E-state index in [-0.39, 0.29) is 6.61 Å². The molecule has 0 amide bonds. The Morgan fingerprint density at radius 2 is 2.43 bits per heavy atom. The third-order valence-corrected chi connectivity index (χ3v) is 1.17. The molecule has 1 nitrogen and oxygen atoms in total. The number of alkyl halides is 1. The van der Waals surface area contributed by atoms with Crippen molar-refractivity contribution in [2.45, 2.75) is 19.0 Å². The summed E-state index contributed by atoms with van der Waals surface area (Å²) >= 11 is 0. The van der Waals surface area contributed by atoms with E-state index < -0.39 is 5.67 Å². The van der Waals surface area contributed by atoms with E-state index in [1.54, 1.807) is 6.92 Å². The molecule has 0 aromatic carbocycles. The summed E-state index contributed by atoms with van der Waals surface area (Å²) in [4.78, 5) is 0. The molecule has 1 aliphatic heterocycles. The predicted octanol–water partition coefficient (Wildman–Crippen LogP) is 1.13. The van der Waals surface area contributed by atoms with Crippen LogP contribution in [-0.4, -0.2) is 18.9 Å². The van der Waals surface area contributed by atoms with Crippen LogP contribution in [0.25, 0.3) is 0 Å². The first-order valence-electron chi connectivity index (χ1n) is 2.47. The van der Waals surface area contributed by atoms with E-state index in [1.165, 1.54) is 0 Å². The Balaban J connectivity index is 2.40. The minimum absolute atomic E-state index is 0.285. The van der Waals surface area contributed by atoms with Gasteiger partial charge in [-0.3, -0.25) is 0 Å². The molecule has 0 spiro atoms. The van der Waals surface area contributed by atoms with Gasteiger partial charge in [-0.25, -0.2) is 4.39 Å². The van der Waals surface area contributed by atoms with E-state index in [4.69, 9.17) is 4.74 Å². The van der Waals surface area contributed by atoms with Crippen molar-refractivity contribution < 1.29 is 9.13 Å². The molecular formula is C5H9FO. The second-order valence-electron chi connectivity index (χ2n) is 2.22. The number of rotatable bonds is 0. The predicted molar refractivity (Wildman–Crippen MR) is 24.9 cm³/mol. The molecular weight excluding hydrogens is 95.1 g/mol. The van der Waals surface area contributed by atoms with E-state index >= 15 is 0 Å². The van der Waals surface area contributed by atoms with E-state index in [9.17, 15) is 4.39 Å². The molecule has 1 saturated heterocycles. The summed E-state index contributed by atoms with van der Waals surface area (Å²) in [6, 6.07) is 0. The van der Waals surface area contributed by atoms with Crippen molar-refractivity contribution in [1.82, 2.24) is 0 Å².